The fourth-order valence-electron chi connectivity index (χ4n) is 1.63. The number of nitrogens with zero attached hydrogens (tertiary/aromatic N) is 3. The van der Waals surface area contributed by atoms with E-state index in [0.717, 1.165) is 5.69 Å². The molecule has 17 heavy (non-hydrogen) atoms. The van der Waals surface area contributed by atoms with Gasteiger partial charge in [0.05, 0.1) is 11.9 Å². The maximum absolute atomic E-state index is 10.4. The van der Waals surface area contributed by atoms with Crippen molar-refractivity contribution in [3.63, 3.8) is 0 Å². The first-order valence-corrected chi connectivity index (χ1v) is 5.40. The molecule has 0 unspecified atom stereocenters. The number of hydrogen-bond donors (Lipinski definition) is 1. The van der Waals surface area contributed by atoms with E-state index in [9.17, 15) is 4.91 Å². The van der Waals surface area contributed by atoms with Crippen molar-refractivity contribution in [3.8, 4) is 5.69 Å². The number of rotatable bonds is 3. The molecule has 0 bridgehead atoms. The monoisotopic (exact) mass is 230 g/mol. The molecule has 0 atom stereocenters. The van der Waals surface area contributed by atoms with Crippen molar-refractivity contribution in [1.29, 1.82) is 0 Å². The highest BCUT2D eigenvalue weighted by atomic mass is 16.3. The Morgan fingerprint density at radius 3 is 2.41 bits per heavy atom. The van der Waals surface area contributed by atoms with E-state index in [1.165, 1.54) is 16.4 Å². The lowest BCUT2D eigenvalue weighted by molar-refractivity contribution is 0.857. The van der Waals surface area contributed by atoms with Gasteiger partial charge in [0.15, 0.2) is 11.5 Å². The van der Waals surface area contributed by atoms with Crippen LogP contribution in [0, 0.1) is 4.91 Å². The van der Waals surface area contributed by atoms with Crippen LogP contribution in [0.4, 0.5) is 11.5 Å². The molecule has 0 aliphatic heterocycles. The maximum Gasteiger partial charge on any atom is 0.170 e. The summed E-state index contributed by atoms with van der Waals surface area (Å²) in [5.41, 5.74) is 7.98. The molecule has 1 aromatic heterocycles. The Morgan fingerprint density at radius 1 is 1.29 bits per heavy atom. The molecule has 0 amide bonds. The highest BCUT2D eigenvalue weighted by Crippen LogP contribution is 2.24. The van der Waals surface area contributed by atoms with Crippen molar-refractivity contribution in [1.82, 2.24) is 9.78 Å². The Morgan fingerprint density at radius 2 is 1.94 bits per heavy atom. The Hall–Kier alpha value is -2.17. The summed E-state index contributed by atoms with van der Waals surface area (Å²) in [6.07, 6.45) is 1.36. The Labute approximate surface area is 99.2 Å². The third-order valence-electron chi connectivity index (χ3n) is 2.69. The van der Waals surface area contributed by atoms with Gasteiger partial charge in [0.2, 0.25) is 0 Å². The van der Waals surface area contributed by atoms with Gasteiger partial charge in [-0.3, -0.25) is 0 Å². The van der Waals surface area contributed by atoms with Crippen LogP contribution in [0.2, 0.25) is 0 Å². The van der Waals surface area contributed by atoms with Crippen molar-refractivity contribution < 1.29 is 0 Å². The lowest BCUT2D eigenvalue weighted by atomic mass is 10.0. The number of nitroso groups, excluding NO2 is 1. The maximum atomic E-state index is 10.4. The number of benzene rings is 1. The molecule has 0 aliphatic rings. The molecule has 0 saturated heterocycles. The van der Waals surface area contributed by atoms with Gasteiger partial charge in [-0.25, -0.2) is 4.68 Å². The number of hydrogen-bond acceptors (Lipinski definition) is 4. The molecular formula is C12H14N4O. The molecule has 0 spiro atoms. The SMILES string of the molecule is CC(C)c1ccc(-n2ncc(N=O)c2N)cc1. The van der Waals surface area contributed by atoms with Crippen LogP contribution in [0.5, 0.6) is 0 Å². The molecule has 2 N–H and O–H groups in total. The summed E-state index contributed by atoms with van der Waals surface area (Å²) in [5, 5.41) is 6.83. The molecule has 5 nitrogen and oxygen atoms in total. The lowest BCUT2D eigenvalue weighted by Gasteiger charge is -2.07. The molecule has 0 saturated carbocycles. The zero-order valence-corrected chi connectivity index (χ0v) is 9.79. The molecule has 88 valence electrons. The van der Waals surface area contributed by atoms with Crippen LogP contribution >= 0.6 is 0 Å². The minimum Gasteiger partial charge on any atom is -0.382 e. The van der Waals surface area contributed by atoms with E-state index in [0.29, 0.717) is 5.92 Å². The van der Waals surface area contributed by atoms with Gasteiger partial charge in [-0.05, 0) is 28.8 Å². The first kappa shape index (κ1) is 11.3. The van der Waals surface area contributed by atoms with Crippen molar-refractivity contribution >= 4 is 11.5 Å². The summed E-state index contributed by atoms with van der Waals surface area (Å²) in [4.78, 5) is 10.4. The van der Waals surface area contributed by atoms with Crippen LogP contribution in [-0.2, 0) is 0 Å². The second-order valence-corrected chi connectivity index (χ2v) is 4.16. The second-order valence-electron chi connectivity index (χ2n) is 4.16. The van der Waals surface area contributed by atoms with Gasteiger partial charge in [0.25, 0.3) is 0 Å². The molecule has 1 heterocycles. The summed E-state index contributed by atoms with van der Waals surface area (Å²) in [6, 6.07) is 7.89. The average Bonchev–Trinajstić information content (AvgIpc) is 2.70. The molecule has 1 aromatic carbocycles. The van der Waals surface area contributed by atoms with Crippen LogP contribution in [0.15, 0.2) is 35.6 Å². The van der Waals surface area contributed by atoms with E-state index in [1.807, 2.05) is 24.3 Å². The molecule has 2 aromatic rings. The first-order valence-electron chi connectivity index (χ1n) is 5.40. The lowest BCUT2D eigenvalue weighted by Crippen LogP contribution is -2.01. The Kier molecular flexibility index (Phi) is 2.91. The normalized spacial score (nSPS) is 10.8. The molecule has 0 fully saturated rings. The van der Waals surface area contributed by atoms with Crippen LogP contribution in [-0.4, -0.2) is 9.78 Å². The Bertz CT molecular complexity index is 528. The third-order valence-corrected chi connectivity index (χ3v) is 2.69. The van der Waals surface area contributed by atoms with E-state index in [-0.39, 0.29) is 11.5 Å². The smallest absolute Gasteiger partial charge is 0.170 e. The predicted octanol–water partition coefficient (Wildman–Crippen LogP) is 2.98. The van der Waals surface area contributed by atoms with E-state index >= 15 is 0 Å². The van der Waals surface area contributed by atoms with Gasteiger partial charge in [-0.2, -0.15) is 5.10 Å². The number of nitrogens with two attached hydrogens (primary N) is 1. The topological polar surface area (TPSA) is 73.3 Å². The van der Waals surface area contributed by atoms with Crippen LogP contribution in [0.1, 0.15) is 25.3 Å². The third kappa shape index (κ3) is 2.04. The summed E-state index contributed by atoms with van der Waals surface area (Å²) >= 11 is 0. The van der Waals surface area contributed by atoms with Gasteiger partial charge >= 0.3 is 0 Å². The van der Waals surface area contributed by atoms with E-state index in [1.54, 1.807) is 0 Å². The zero-order valence-electron chi connectivity index (χ0n) is 9.79. The summed E-state index contributed by atoms with van der Waals surface area (Å²) in [6.45, 7) is 4.26. The summed E-state index contributed by atoms with van der Waals surface area (Å²) < 4.78 is 1.50. The zero-order chi connectivity index (χ0) is 12.4. The van der Waals surface area contributed by atoms with Gasteiger partial charge in [0.1, 0.15) is 0 Å². The largest absolute Gasteiger partial charge is 0.382 e. The fraction of sp³-hybridized carbons (Fsp3) is 0.250. The van der Waals surface area contributed by atoms with Crippen LogP contribution < -0.4 is 5.73 Å². The first-order chi connectivity index (χ1) is 8.13. The van der Waals surface area contributed by atoms with Gasteiger partial charge in [-0.1, -0.05) is 26.0 Å². The van der Waals surface area contributed by atoms with Gasteiger partial charge in [0, 0.05) is 0 Å². The minimum absolute atomic E-state index is 0.165. The molecule has 5 heteroatoms. The highest BCUT2D eigenvalue weighted by molar-refractivity contribution is 5.59. The average molecular weight is 230 g/mol. The molecule has 0 radical (unpaired) electrons. The van der Waals surface area contributed by atoms with Crippen molar-refractivity contribution in [2.45, 2.75) is 19.8 Å². The number of aromatic nitrogens is 2. The standard InChI is InChI=1S/C12H14N4O/c1-8(2)9-3-5-10(6-4-9)16-12(13)11(15-17)7-14-16/h3-8H,13H2,1-2H3. The van der Waals surface area contributed by atoms with Crippen molar-refractivity contribution in [2.75, 3.05) is 5.73 Å². The van der Waals surface area contributed by atoms with Gasteiger partial charge < -0.3 is 5.73 Å². The number of anilines is 1. The minimum atomic E-state index is 0.165. The van der Waals surface area contributed by atoms with Crippen molar-refractivity contribution in [2.24, 2.45) is 5.18 Å². The number of nitrogen functional groups attached to an aromatic ring is 1. The van der Waals surface area contributed by atoms with Gasteiger partial charge in [-0.15, -0.1) is 4.91 Å². The molecular weight excluding hydrogens is 216 g/mol. The predicted molar refractivity (Wildman–Crippen MR) is 67.5 cm³/mol. The van der Waals surface area contributed by atoms with E-state index < -0.39 is 0 Å². The molecule has 0 aliphatic carbocycles. The van der Waals surface area contributed by atoms with Crippen LogP contribution in [0.25, 0.3) is 5.69 Å². The summed E-state index contributed by atoms with van der Waals surface area (Å²) in [5.74, 6) is 0.739. The van der Waals surface area contributed by atoms with E-state index in [2.05, 4.69) is 24.1 Å². The summed E-state index contributed by atoms with van der Waals surface area (Å²) in [7, 11) is 0. The fourth-order valence-corrected chi connectivity index (χ4v) is 1.63. The highest BCUT2D eigenvalue weighted by Gasteiger charge is 2.09. The van der Waals surface area contributed by atoms with Crippen LogP contribution in [0.3, 0.4) is 0 Å². The quantitative estimate of drug-likeness (QED) is 0.824. The van der Waals surface area contributed by atoms with Crippen molar-refractivity contribution in [3.05, 3.63) is 40.9 Å². The second kappa shape index (κ2) is 4.37. The molecule has 2 rings (SSSR count). The Balaban J connectivity index is 2.39. The van der Waals surface area contributed by atoms with E-state index in [4.69, 9.17) is 5.73 Å².